The normalized spacial score (nSPS) is 14.0. The lowest BCUT2D eigenvalue weighted by Gasteiger charge is -2.21. The monoisotopic (exact) mass is 358 g/mol. The first-order valence-corrected chi connectivity index (χ1v) is 9.54. The maximum Gasteiger partial charge on any atom is 0.320 e. The van der Waals surface area contributed by atoms with E-state index < -0.39 is 0 Å². The molecule has 0 spiro atoms. The van der Waals surface area contributed by atoms with Crippen molar-refractivity contribution in [3.8, 4) is 0 Å². The molecule has 1 aliphatic rings. The van der Waals surface area contributed by atoms with E-state index in [-0.39, 0.29) is 25.0 Å². The van der Waals surface area contributed by atoms with Gasteiger partial charge in [0, 0.05) is 13.1 Å². The average Bonchev–Trinajstić information content (AvgIpc) is 2.63. The molecule has 0 fully saturated rings. The van der Waals surface area contributed by atoms with E-state index in [9.17, 15) is 9.59 Å². The van der Waals surface area contributed by atoms with Crippen LogP contribution >= 0.6 is 0 Å². The zero-order valence-electron chi connectivity index (χ0n) is 15.7. The van der Waals surface area contributed by atoms with Crippen LogP contribution in [0.15, 0.2) is 42.0 Å². The quantitative estimate of drug-likeness (QED) is 0.516. The van der Waals surface area contributed by atoms with Gasteiger partial charge >= 0.3 is 5.97 Å². The molecule has 0 aliphatic heterocycles. The second kappa shape index (κ2) is 11.5. The van der Waals surface area contributed by atoms with Gasteiger partial charge in [-0.1, -0.05) is 42.0 Å². The first-order chi connectivity index (χ1) is 12.7. The van der Waals surface area contributed by atoms with Crippen LogP contribution in [-0.4, -0.2) is 43.0 Å². The number of hydrogen-bond donors (Lipinski definition) is 1. The number of esters is 1. The molecule has 0 aromatic heterocycles. The van der Waals surface area contributed by atoms with Crippen LogP contribution in [0.3, 0.4) is 0 Å². The largest absolute Gasteiger partial charge is 0.465 e. The fraction of sp³-hybridized carbons (Fsp3) is 0.524. The van der Waals surface area contributed by atoms with Gasteiger partial charge in [-0.2, -0.15) is 0 Å². The number of hydrogen-bond acceptors (Lipinski definition) is 4. The molecule has 0 unspecified atom stereocenters. The number of benzene rings is 1. The predicted molar refractivity (Wildman–Crippen MR) is 103 cm³/mol. The predicted octanol–water partition coefficient (Wildman–Crippen LogP) is 3.06. The molecule has 1 amide bonds. The fourth-order valence-corrected chi connectivity index (χ4v) is 3.15. The molecule has 1 aromatic rings. The van der Waals surface area contributed by atoms with Gasteiger partial charge < -0.3 is 10.1 Å². The van der Waals surface area contributed by atoms with Crippen LogP contribution < -0.4 is 5.32 Å². The summed E-state index contributed by atoms with van der Waals surface area (Å²) < 4.78 is 5.03. The van der Waals surface area contributed by atoms with Gasteiger partial charge in [0.1, 0.15) is 0 Å². The summed E-state index contributed by atoms with van der Waals surface area (Å²) in [4.78, 5) is 26.0. The molecular weight excluding hydrogens is 328 g/mol. The van der Waals surface area contributed by atoms with Gasteiger partial charge in [0.2, 0.25) is 5.91 Å². The van der Waals surface area contributed by atoms with Gasteiger partial charge in [-0.3, -0.25) is 14.5 Å². The molecule has 2 rings (SSSR count). The second-order valence-electron chi connectivity index (χ2n) is 6.64. The van der Waals surface area contributed by atoms with Crippen molar-refractivity contribution >= 4 is 11.9 Å². The number of nitrogens with one attached hydrogen (secondary N) is 1. The molecule has 0 saturated carbocycles. The lowest BCUT2D eigenvalue weighted by molar-refractivity contribution is -0.144. The molecule has 0 heterocycles. The average molecular weight is 358 g/mol. The molecule has 0 atom stereocenters. The Morgan fingerprint density at radius 1 is 1.15 bits per heavy atom. The number of carbonyl (C=O) groups excluding carboxylic acids is 2. The smallest absolute Gasteiger partial charge is 0.320 e. The second-order valence-corrected chi connectivity index (χ2v) is 6.64. The topological polar surface area (TPSA) is 58.6 Å². The van der Waals surface area contributed by atoms with Crippen LogP contribution in [0, 0.1) is 0 Å². The van der Waals surface area contributed by atoms with E-state index in [1.807, 2.05) is 35.2 Å². The van der Waals surface area contributed by atoms with Gasteiger partial charge in [0.25, 0.3) is 0 Å². The van der Waals surface area contributed by atoms with Crippen molar-refractivity contribution in [3.63, 3.8) is 0 Å². The summed E-state index contributed by atoms with van der Waals surface area (Å²) >= 11 is 0. The zero-order chi connectivity index (χ0) is 18.6. The SMILES string of the molecule is CCOC(=O)CN(CC(=O)NCCC1=CCCCC1)Cc1ccccc1. The molecular formula is C21H30N2O3. The maximum atomic E-state index is 12.3. The van der Waals surface area contributed by atoms with Crippen molar-refractivity contribution in [3.05, 3.63) is 47.5 Å². The molecule has 5 heteroatoms. The maximum absolute atomic E-state index is 12.3. The van der Waals surface area contributed by atoms with E-state index >= 15 is 0 Å². The molecule has 1 aliphatic carbocycles. The highest BCUT2D eigenvalue weighted by molar-refractivity contribution is 5.79. The molecule has 0 radical (unpaired) electrons. The number of amides is 1. The van der Waals surface area contributed by atoms with E-state index in [1.54, 1.807) is 6.92 Å². The lowest BCUT2D eigenvalue weighted by Crippen LogP contribution is -2.40. The minimum atomic E-state index is -0.302. The summed E-state index contributed by atoms with van der Waals surface area (Å²) in [5, 5.41) is 2.98. The zero-order valence-corrected chi connectivity index (χ0v) is 15.7. The lowest BCUT2D eigenvalue weighted by atomic mass is 9.97. The van der Waals surface area contributed by atoms with Crippen LogP contribution in [0.25, 0.3) is 0 Å². The van der Waals surface area contributed by atoms with Crippen molar-refractivity contribution < 1.29 is 14.3 Å². The first kappa shape index (κ1) is 20.2. The Bertz CT molecular complexity index is 599. The molecule has 142 valence electrons. The number of carbonyl (C=O) groups is 2. The van der Waals surface area contributed by atoms with Crippen molar-refractivity contribution in [2.75, 3.05) is 26.2 Å². The Kier molecular flexibility index (Phi) is 8.90. The molecule has 26 heavy (non-hydrogen) atoms. The summed E-state index contributed by atoms with van der Waals surface area (Å²) in [6.45, 7) is 3.63. The van der Waals surface area contributed by atoms with Crippen molar-refractivity contribution in [1.29, 1.82) is 0 Å². The minimum Gasteiger partial charge on any atom is -0.465 e. The third kappa shape index (κ3) is 7.83. The Labute approximate surface area is 156 Å². The van der Waals surface area contributed by atoms with Crippen molar-refractivity contribution in [2.24, 2.45) is 0 Å². The van der Waals surface area contributed by atoms with Crippen LogP contribution in [0.2, 0.25) is 0 Å². The van der Waals surface area contributed by atoms with Gasteiger partial charge in [0.05, 0.1) is 19.7 Å². The minimum absolute atomic E-state index is 0.0540. The number of nitrogens with zero attached hydrogens (tertiary/aromatic N) is 1. The van der Waals surface area contributed by atoms with Crippen LogP contribution in [-0.2, 0) is 20.9 Å². The van der Waals surface area contributed by atoms with Crippen LogP contribution in [0.1, 0.15) is 44.6 Å². The number of ether oxygens (including phenoxy) is 1. The summed E-state index contributed by atoms with van der Waals surface area (Å²) in [6.07, 6.45) is 8.06. The van der Waals surface area contributed by atoms with Gasteiger partial charge in [-0.05, 0) is 44.6 Å². The van der Waals surface area contributed by atoms with Gasteiger partial charge in [-0.15, -0.1) is 0 Å². The van der Waals surface area contributed by atoms with Crippen molar-refractivity contribution in [1.82, 2.24) is 10.2 Å². The third-order valence-corrected chi connectivity index (χ3v) is 4.43. The summed E-state index contributed by atoms with van der Waals surface area (Å²) in [5.41, 5.74) is 2.51. The van der Waals surface area contributed by atoms with E-state index in [0.29, 0.717) is 19.7 Å². The summed E-state index contributed by atoms with van der Waals surface area (Å²) in [6, 6.07) is 9.84. The van der Waals surface area contributed by atoms with E-state index in [2.05, 4.69) is 11.4 Å². The Balaban J connectivity index is 1.82. The molecule has 5 nitrogen and oxygen atoms in total. The molecule has 0 saturated heterocycles. The fourth-order valence-electron chi connectivity index (χ4n) is 3.15. The highest BCUT2D eigenvalue weighted by Crippen LogP contribution is 2.19. The van der Waals surface area contributed by atoms with Gasteiger partial charge in [0.15, 0.2) is 0 Å². The highest BCUT2D eigenvalue weighted by Gasteiger charge is 2.16. The standard InChI is InChI=1S/C21H30N2O3/c1-2-26-21(25)17-23(15-19-11-7-4-8-12-19)16-20(24)22-14-13-18-9-5-3-6-10-18/h4,7-9,11-12H,2-3,5-6,10,13-17H2,1H3,(H,22,24). The number of allylic oxidation sites excluding steroid dienone is 1. The molecule has 0 bridgehead atoms. The van der Waals surface area contributed by atoms with Crippen LogP contribution in [0.4, 0.5) is 0 Å². The first-order valence-electron chi connectivity index (χ1n) is 9.54. The molecule has 1 aromatic carbocycles. The Morgan fingerprint density at radius 3 is 2.65 bits per heavy atom. The third-order valence-electron chi connectivity index (χ3n) is 4.43. The van der Waals surface area contributed by atoms with Gasteiger partial charge in [-0.25, -0.2) is 0 Å². The Morgan fingerprint density at radius 2 is 1.96 bits per heavy atom. The molecule has 1 N–H and O–H groups in total. The summed E-state index contributed by atoms with van der Waals surface area (Å²) in [7, 11) is 0. The van der Waals surface area contributed by atoms with E-state index in [4.69, 9.17) is 4.74 Å². The van der Waals surface area contributed by atoms with E-state index in [0.717, 1.165) is 24.8 Å². The Hall–Kier alpha value is -2.14. The number of rotatable bonds is 10. The van der Waals surface area contributed by atoms with Crippen molar-refractivity contribution in [2.45, 2.75) is 45.6 Å². The van der Waals surface area contributed by atoms with E-state index in [1.165, 1.54) is 18.4 Å². The van der Waals surface area contributed by atoms with Crippen LogP contribution in [0.5, 0.6) is 0 Å². The summed E-state index contributed by atoms with van der Waals surface area (Å²) in [5.74, 6) is -0.356. The highest BCUT2D eigenvalue weighted by atomic mass is 16.5.